The van der Waals surface area contributed by atoms with Crippen LogP contribution in [0.5, 0.6) is 0 Å². The fourth-order valence-electron chi connectivity index (χ4n) is 1.54. The van der Waals surface area contributed by atoms with Crippen molar-refractivity contribution in [1.29, 1.82) is 0 Å². The molecule has 0 amide bonds. The summed E-state index contributed by atoms with van der Waals surface area (Å²) in [6.45, 7) is 3.78. The number of hydrogen-bond acceptors (Lipinski definition) is 3. The van der Waals surface area contributed by atoms with Gasteiger partial charge in [-0.15, -0.1) is 0 Å². The zero-order valence-electron chi connectivity index (χ0n) is 7.84. The van der Waals surface area contributed by atoms with Crippen molar-refractivity contribution in [1.82, 2.24) is 10.2 Å². The third-order valence-electron chi connectivity index (χ3n) is 2.40. The summed E-state index contributed by atoms with van der Waals surface area (Å²) in [7, 11) is 0. The molecule has 2 N–H and O–H groups in total. The molecule has 13 heavy (non-hydrogen) atoms. The van der Waals surface area contributed by atoms with E-state index in [0.29, 0.717) is 6.04 Å². The maximum atomic E-state index is 5.28. The number of H-pyrrole nitrogens is 1. The summed E-state index contributed by atoms with van der Waals surface area (Å²) < 4.78 is 5.28. The number of nitrogens with zero attached hydrogens (tertiary/aromatic N) is 1. The number of rotatable bonds is 2. The van der Waals surface area contributed by atoms with Gasteiger partial charge >= 0.3 is 0 Å². The summed E-state index contributed by atoms with van der Waals surface area (Å²) in [4.78, 5) is 0. The van der Waals surface area contributed by atoms with Crippen molar-refractivity contribution in [3.8, 4) is 0 Å². The lowest BCUT2D eigenvalue weighted by Crippen LogP contribution is -2.28. The molecule has 0 saturated carbocycles. The van der Waals surface area contributed by atoms with E-state index < -0.39 is 0 Å². The fourth-order valence-corrected chi connectivity index (χ4v) is 1.54. The van der Waals surface area contributed by atoms with Crippen LogP contribution in [0.3, 0.4) is 0 Å². The van der Waals surface area contributed by atoms with Crippen LogP contribution in [0.4, 0.5) is 5.82 Å². The van der Waals surface area contributed by atoms with Crippen LogP contribution in [0.1, 0.15) is 18.4 Å². The number of aryl methyl sites for hydroxylation is 1. The van der Waals surface area contributed by atoms with Gasteiger partial charge in [-0.2, -0.15) is 5.10 Å². The van der Waals surface area contributed by atoms with Crippen LogP contribution < -0.4 is 5.32 Å². The predicted octanol–water partition coefficient (Wildman–Crippen LogP) is 1.31. The highest BCUT2D eigenvalue weighted by atomic mass is 16.5. The maximum Gasteiger partial charge on any atom is 0.124 e. The summed E-state index contributed by atoms with van der Waals surface area (Å²) in [5.41, 5.74) is 1.17. The first-order chi connectivity index (χ1) is 6.36. The molecule has 1 aromatic rings. The molecule has 1 aliphatic rings. The van der Waals surface area contributed by atoms with Gasteiger partial charge in [0.1, 0.15) is 5.82 Å². The summed E-state index contributed by atoms with van der Waals surface area (Å²) in [6, 6.07) is 0.535. The first-order valence-electron chi connectivity index (χ1n) is 4.70. The van der Waals surface area contributed by atoms with Gasteiger partial charge in [0, 0.05) is 24.8 Å². The van der Waals surface area contributed by atoms with Crippen LogP contribution in [0.25, 0.3) is 0 Å². The first kappa shape index (κ1) is 8.56. The van der Waals surface area contributed by atoms with E-state index in [-0.39, 0.29) is 0 Å². The Morgan fingerprint density at radius 1 is 1.54 bits per heavy atom. The second kappa shape index (κ2) is 3.79. The summed E-state index contributed by atoms with van der Waals surface area (Å²) in [5.74, 6) is 1.05. The van der Waals surface area contributed by atoms with Crippen molar-refractivity contribution in [2.75, 3.05) is 18.5 Å². The van der Waals surface area contributed by atoms with Crippen molar-refractivity contribution in [2.45, 2.75) is 25.8 Å². The van der Waals surface area contributed by atoms with Crippen molar-refractivity contribution in [3.05, 3.63) is 11.8 Å². The number of ether oxygens (including phenoxy) is 1. The quantitative estimate of drug-likeness (QED) is 0.723. The normalized spacial score (nSPS) is 18.8. The van der Waals surface area contributed by atoms with Crippen LogP contribution in [-0.4, -0.2) is 29.5 Å². The number of anilines is 1. The van der Waals surface area contributed by atoms with Gasteiger partial charge in [-0.25, -0.2) is 0 Å². The number of aromatic amines is 1. The lowest BCUT2D eigenvalue weighted by atomic mass is 10.1. The topological polar surface area (TPSA) is 49.9 Å². The highest BCUT2D eigenvalue weighted by molar-refractivity contribution is 5.42. The molecule has 1 aromatic heterocycles. The van der Waals surface area contributed by atoms with E-state index in [1.165, 1.54) is 5.56 Å². The van der Waals surface area contributed by atoms with Gasteiger partial charge in [0.2, 0.25) is 0 Å². The second-order valence-corrected chi connectivity index (χ2v) is 3.46. The predicted molar refractivity (Wildman–Crippen MR) is 50.8 cm³/mol. The Morgan fingerprint density at radius 3 is 2.92 bits per heavy atom. The van der Waals surface area contributed by atoms with E-state index in [1.807, 2.05) is 13.1 Å². The molecule has 72 valence electrons. The number of aromatic nitrogens is 2. The molecule has 2 heterocycles. The maximum absolute atomic E-state index is 5.28. The monoisotopic (exact) mass is 181 g/mol. The van der Waals surface area contributed by atoms with Crippen molar-refractivity contribution in [3.63, 3.8) is 0 Å². The number of nitrogens with one attached hydrogen (secondary N) is 2. The van der Waals surface area contributed by atoms with Gasteiger partial charge in [-0.1, -0.05) is 0 Å². The molecule has 0 atom stereocenters. The van der Waals surface area contributed by atoms with E-state index in [9.17, 15) is 0 Å². The van der Waals surface area contributed by atoms with E-state index in [2.05, 4.69) is 15.5 Å². The minimum atomic E-state index is 0.535. The van der Waals surface area contributed by atoms with Crippen LogP contribution in [0.15, 0.2) is 6.20 Å². The third kappa shape index (κ3) is 2.01. The first-order valence-corrected chi connectivity index (χ1v) is 4.70. The summed E-state index contributed by atoms with van der Waals surface area (Å²) in [5, 5.41) is 10.4. The Hall–Kier alpha value is -1.03. The lowest BCUT2D eigenvalue weighted by Gasteiger charge is -2.23. The molecule has 0 spiro atoms. The molecular weight excluding hydrogens is 166 g/mol. The smallest absolute Gasteiger partial charge is 0.124 e. The Morgan fingerprint density at radius 2 is 2.31 bits per heavy atom. The molecule has 4 heteroatoms. The zero-order chi connectivity index (χ0) is 9.10. The van der Waals surface area contributed by atoms with Crippen LogP contribution in [0, 0.1) is 6.92 Å². The third-order valence-corrected chi connectivity index (χ3v) is 2.40. The van der Waals surface area contributed by atoms with E-state index in [4.69, 9.17) is 4.74 Å². The van der Waals surface area contributed by atoms with E-state index >= 15 is 0 Å². The molecular formula is C9H15N3O. The molecule has 0 unspecified atom stereocenters. The van der Waals surface area contributed by atoms with Crippen molar-refractivity contribution >= 4 is 5.82 Å². The highest BCUT2D eigenvalue weighted by Gasteiger charge is 2.14. The Balaban J connectivity index is 1.93. The highest BCUT2D eigenvalue weighted by Crippen LogP contribution is 2.15. The van der Waals surface area contributed by atoms with Crippen LogP contribution in [-0.2, 0) is 4.74 Å². The van der Waals surface area contributed by atoms with Gasteiger partial charge < -0.3 is 10.1 Å². The van der Waals surface area contributed by atoms with Gasteiger partial charge in [-0.3, -0.25) is 5.10 Å². The standard InChI is InChI=1S/C9H15N3O/c1-7-6-10-12-9(7)11-8-2-4-13-5-3-8/h6,8H,2-5H2,1H3,(H2,10,11,12). The van der Waals surface area contributed by atoms with Crippen molar-refractivity contribution < 1.29 is 4.74 Å². The molecule has 1 fully saturated rings. The summed E-state index contributed by atoms with van der Waals surface area (Å²) in [6.07, 6.45) is 4.00. The van der Waals surface area contributed by atoms with Crippen LogP contribution in [0.2, 0.25) is 0 Å². The minimum absolute atomic E-state index is 0.535. The van der Waals surface area contributed by atoms with Crippen LogP contribution >= 0.6 is 0 Å². The molecule has 0 aliphatic carbocycles. The van der Waals surface area contributed by atoms with E-state index in [1.54, 1.807) is 0 Å². The van der Waals surface area contributed by atoms with E-state index in [0.717, 1.165) is 31.9 Å². The van der Waals surface area contributed by atoms with Gasteiger partial charge in [0.05, 0.1) is 6.20 Å². The molecule has 4 nitrogen and oxygen atoms in total. The average Bonchev–Trinajstić information content (AvgIpc) is 2.54. The molecule has 1 aliphatic heterocycles. The SMILES string of the molecule is Cc1cn[nH]c1NC1CCOCC1. The molecule has 0 radical (unpaired) electrons. The van der Waals surface area contributed by atoms with Gasteiger partial charge in [-0.05, 0) is 19.8 Å². The molecule has 0 bridgehead atoms. The Kier molecular flexibility index (Phi) is 2.49. The fraction of sp³-hybridized carbons (Fsp3) is 0.667. The van der Waals surface area contributed by atoms with Crippen molar-refractivity contribution in [2.24, 2.45) is 0 Å². The molecule has 0 aromatic carbocycles. The average molecular weight is 181 g/mol. The summed E-state index contributed by atoms with van der Waals surface area (Å²) >= 11 is 0. The molecule has 2 rings (SSSR count). The Bertz CT molecular complexity index is 266. The zero-order valence-corrected chi connectivity index (χ0v) is 7.84. The lowest BCUT2D eigenvalue weighted by molar-refractivity contribution is 0.0904. The largest absolute Gasteiger partial charge is 0.381 e. The molecule has 1 saturated heterocycles. The van der Waals surface area contributed by atoms with Gasteiger partial charge in [0.25, 0.3) is 0 Å². The van der Waals surface area contributed by atoms with Gasteiger partial charge in [0.15, 0.2) is 0 Å². The Labute approximate surface area is 77.7 Å². The minimum Gasteiger partial charge on any atom is -0.381 e. The number of hydrogen-bond donors (Lipinski definition) is 2. The second-order valence-electron chi connectivity index (χ2n) is 3.46.